The number of rotatable bonds is 7. The third-order valence-corrected chi connectivity index (χ3v) is 4.78. The Morgan fingerprint density at radius 1 is 1.23 bits per heavy atom. The minimum atomic E-state index is -5.18. The van der Waals surface area contributed by atoms with Crippen LogP contribution in [0.5, 0.6) is 0 Å². The third kappa shape index (κ3) is 6.13. The van der Waals surface area contributed by atoms with Gasteiger partial charge in [0.2, 0.25) is 11.9 Å². The Morgan fingerprint density at radius 2 is 1.91 bits per heavy atom. The van der Waals surface area contributed by atoms with E-state index < -0.39 is 66.8 Å². The number of carbonyl (C=O) groups excluding carboxylic acids is 3. The van der Waals surface area contributed by atoms with E-state index in [-0.39, 0.29) is 17.1 Å². The molecule has 1 saturated heterocycles. The number of esters is 2. The van der Waals surface area contributed by atoms with E-state index in [1.54, 1.807) is 13.8 Å². The van der Waals surface area contributed by atoms with Crippen LogP contribution in [-0.4, -0.2) is 68.6 Å². The summed E-state index contributed by atoms with van der Waals surface area (Å²) in [4.78, 5) is 57.6. The molecule has 4 atom stereocenters. The Labute approximate surface area is 194 Å². The van der Waals surface area contributed by atoms with E-state index in [1.807, 2.05) is 0 Å². The number of hydrogen-bond donors (Lipinski definition) is 2. The molecule has 16 heteroatoms. The number of anilines is 1. The number of aromatic amines is 1. The van der Waals surface area contributed by atoms with E-state index in [0.29, 0.717) is 0 Å². The van der Waals surface area contributed by atoms with Crippen molar-refractivity contribution in [2.75, 3.05) is 11.9 Å². The number of amides is 1. The molecule has 0 radical (unpaired) electrons. The van der Waals surface area contributed by atoms with Crippen molar-refractivity contribution in [2.45, 2.75) is 58.6 Å². The number of imidazole rings is 1. The maximum atomic E-state index is 13.3. The van der Waals surface area contributed by atoms with Crippen molar-refractivity contribution in [3.05, 3.63) is 16.7 Å². The van der Waals surface area contributed by atoms with Crippen molar-refractivity contribution in [3.63, 3.8) is 0 Å². The van der Waals surface area contributed by atoms with E-state index in [2.05, 4.69) is 25.0 Å². The summed E-state index contributed by atoms with van der Waals surface area (Å²) in [7, 11) is 0. The van der Waals surface area contributed by atoms with Crippen molar-refractivity contribution in [3.8, 4) is 0 Å². The van der Waals surface area contributed by atoms with Gasteiger partial charge in [0.05, 0.1) is 6.33 Å². The van der Waals surface area contributed by atoms with Crippen LogP contribution >= 0.6 is 0 Å². The number of carbonyl (C=O) groups is 3. The molecule has 192 valence electrons. The fourth-order valence-electron chi connectivity index (χ4n) is 3.31. The molecule has 35 heavy (non-hydrogen) atoms. The second-order valence-corrected chi connectivity index (χ2v) is 7.85. The average Bonchev–Trinajstić information content (AvgIpc) is 3.27. The molecule has 0 bridgehead atoms. The highest BCUT2D eigenvalue weighted by atomic mass is 19.4. The standard InChI is InChI=1S/C19H22F3N5O8/c1-7(2)15(30)25-18-24-14-11(16(31)26-18)23-6-27(14)17-13(35-19(20,21)22)12(33-9(4)29)10(34-17)5-32-8(3)28/h6-7,10,12-13,17H,5H2,1-4H3,(H2,24,25,26,30,31)/t10-,12-,13-,17-/m1/s1. The minimum absolute atomic E-state index is 0.247. The Morgan fingerprint density at radius 3 is 2.49 bits per heavy atom. The van der Waals surface area contributed by atoms with Crippen LogP contribution in [0.25, 0.3) is 11.2 Å². The van der Waals surface area contributed by atoms with Gasteiger partial charge < -0.3 is 14.2 Å². The Kier molecular flexibility index (Phi) is 7.44. The normalized spacial score (nSPS) is 22.4. The number of fused-ring (bicyclic) bond motifs is 1. The van der Waals surface area contributed by atoms with Crippen molar-refractivity contribution >= 4 is 35.0 Å². The van der Waals surface area contributed by atoms with Gasteiger partial charge in [-0.2, -0.15) is 4.98 Å². The summed E-state index contributed by atoms with van der Waals surface area (Å²) in [5.41, 5.74) is -1.30. The van der Waals surface area contributed by atoms with E-state index >= 15 is 0 Å². The second kappa shape index (κ2) is 9.99. The lowest BCUT2D eigenvalue weighted by Gasteiger charge is -2.25. The first-order chi connectivity index (χ1) is 16.3. The van der Waals surface area contributed by atoms with Gasteiger partial charge in [0, 0.05) is 19.8 Å². The van der Waals surface area contributed by atoms with Crippen LogP contribution in [0.15, 0.2) is 11.1 Å². The van der Waals surface area contributed by atoms with Crippen LogP contribution < -0.4 is 10.9 Å². The molecule has 1 aliphatic rings. The molecule has 1 amide bonds. The van der Waals surface area contributed by atoms with Gasteiger partial charge in [0.25, 0.3) is 5.56 Å². The lowest BCUT2D eigenvalue weighted by molar-refractivity contribution is -0.355. The monoisotopic (exact) mass is 505 g/mol. The number of nitrogens with one attached hydrogen (secondary N) is 2. The first kappa shape index (κ1) is 26.1. The number of hydrogen-bond acceptors (Lipinski definition) is 10. The zero-order valence-corrected chi connectivity index (χ0v) is 18.9. The van der Waals surface area contributed by atoms with Crippen LogP contribution in [0.4, 0.5) is 19.1 Å². The van der Waals surface area contributed by atoms with Gasteiger partial charge in [-0.1, -0.05) is 13.8 Å². The van der Waals surface area contributed by atoms with Crippen LogP contribution in [0.3, 0.4) is 0 Å². The van der Waals surface area contributed by atoms with E-state index in [9.17, 15) is 32.3 Å². The molecule has 2 N–H and O–H groups in total. The summed E-state index contributed by atoms with van der Waals surface area (Å²) >= 11 is 0. The van der Waals surface area contributed by atoms with Crippen molar-refractivity contribution < 1.29 is 46.5 Å². The van der Waals surface area contributed by atoms with Crippen molar-refractivity contribution in [1.29, 1.82) is 0 Å². The lowest BCUT2D eigenvalue weighted by Crippen LogP contribution is -2.42. The van der Waals surface area contributed by atoms with Crippen molar-refractivity contribution in [2.24, 2.45) is 5.92 Å². The zero-order chi connectivity index (χ0) is 26.1. The number of H-pyrrole nitrogens is 1. The molecule has 0 aliphatic carbocycles. The molecule has 2 aromatic heterocycles. The highest BCUT2D eigenvalue weighted by molar-refractivity contribution is 5.91. The van der Waals surface area contributed by atoms with Crippen LogP contribution in [0.2, 0.25) is 0 Å². The number of halogens is 3. The summed E-state index contributed by atoms with van der Waals surface area (Å²) < 4.78 is 60.6. The highest BCUT2D eigenvalue weighted by Crippen LogP contribution is 2.38. The SMILES string of the molecule is CC(=O)OC[C@H]1O[C@@H](n2cnc3c(=O)[nH]c(NC(=O)C(C)C)nc32)[C@H](OC(F)(F)F)[C@@H]1OC(C)=O. The summed E-state index contributed by atoms with van der Waals surface area (Å²) in [5.74, 6) is -2.91. The van der Waals surface area contributed by atoms with E-state index in [0.717, 1.165) is 24.7 Å². The summed E-state index contributed by atoms with van der Waals surface area (Å²) in [6, 6.07) is 0. The zero-order valence-electron chi connectivity index (χ0n) is 18.9. The van der Waals surface area contributed by atoms with Gasteiger partial charge in [-0.25, -0.2) is 4.98 Å². The summed E-state index contributed by atoms with van der Waals surface area (Å²) in [5, 5.41) is 2.38. The molecule has 13 nitrogen and oxygen atoms in total. The van der Waals surface area contributed by atoms with E-state index in [1.165, 1.54) is 0 Å². The fraction of sp³-hybridized carbons (Fsp3) is 0.579. The molecule has 0 spiro atoms. The molecular weight excluding hydrogens is 483 g/mol. The molecule has 0 unspecified atom stereocenters. The Bertz CT molecular complexity index is 1180. The lowest BCUT2D eigenvalue weighted by atomic mass is 10.1. The summed E-state index contributed by atoms with van der Waals surface area (Å²) in [6.07, 6.45) is -10.9. The molecule has 0 aromatic carbocycles. The molecule has 2 aromatic rings. The number of nitrogens with zero attached hydrogens (tertiary/aromatic N) is 3. The smallest absolute Gasteiger partial charge is 0.463 e. The Balaban J connectivity index is 2.08. The van der Waals surface area contributed by atoms with E-state index in [4.69, 9.17) is 14.2 Å². The maximum Gasteiger partial charge on any atom is 0.523 e. The molecule has 0 saturated carbocycles. The van der Waals surface area contributed by atoms with Gasteiger partial charge in [-0.05, 0) is 0 Å². The number of aromatic nitrogens is 4. The highest BCUT2D eigenvalue weighted by Gasteiger charge is 2.53. The van der Waals surface area contributed by atoms with Crippen LogP contribution in [0, 0.1) is 5.92 Å². The molecule has 1 aliphatic heterocycles. The van der Waals surface area contributed by atoms with Crippen LogP contribution in [0.1, 0.15) is 33.9 Å². The molecule has 3 rings (SSSR count). The minimum Gasteiger partial charge on any atom is -0.463 e. The van der Waals surface area contributed by atoms with Gasteiger partial charge >= 0.3 is 18.3 Å². The first-order valence-electron chi connectivity index (χ1n) is 10.2. The van der Waals surface area contributed by atoms with Gasteiger partial charge in [-0.15, -0.1) is 13.2 Å². The maximum absolute atomic E-state index is 13.3. The predicted octanol–water partition coefficient (Wildman–Crippen LogP) is 1.01. The second-order valence-electron chi connectivity index (χ2n) is 7.85. The topological polar surface area (TPSA) is 164 Å². The molecule has 3 heterocycles. The average molecular weight is 505 g/mol. The predicted molar refractivity (Wildman–Crippen MR) is 109 cm³/mol. The van der Waals surface area contributed by atoms with Gasteiger partial charge in [0.1, 0.15) is 12.7 Å². The Hall–Kier alpha value is -3.53. The quantitative estimate of drug-likeness (QED) is 0.519. The number of alkyl halides is 3. The summed E-state index contributed by atoms with van der Waals surface area (Å²) in [6.45, 7) is 4.68. The number of ether oxygens (including phenoxy) is 4. The fourth-order valence-corrected chi connectivity index (χ4v) is 3.31. The van der Waals surface area contributed by atoms with Gasteiger partial charge in [0.15, 0.2) is 29.6 Å². The largest absolute Gasteiger partial charge is 0.523 e. The van der Waals surface area contributed by atoms with Gasteiger partial charge in [-0.3, -0.25) is 38.8 Å². The third-order valence-electron chi connectivity index (χ3n) is 4.78. The first-order valence-corrected chi connectivity index (χ1v) is 10.2. The molecular formula is C19H22F3N5O8. The van der Waals surface area contributed by atoms with Crippen LogP contribution in [-0.2, 0) is 33.3 Å². The van der Waals surface area contributed by atoms with Crippen molar-refractivity contribution in [1.82, 2.24) is 19.5 Å². The molecule has 1 fully saturated rings.